The van der Waals surface area contributed by atoms with Crippen molar-refractivity contribution in [2.45, 2.75) is 57.3 Å². The van der Waals surface area contributed by atoms with Crippen molar-refractivity contribution in [3.8, 4) is 0 Å². The van der Waals surface area contributed by atoms with E-state index in [2.05, 4.69) is 47.6 Å². The number of nitrogens with two attached hydrogens (primary N) is 1. The van der Waals surface area contributed by atoms with Gasteiger partial charge in [-0.2, -0.15) is 0 Å². The Morgan fingerprint density at radius 1 is 0.833 bits per heavy atom. The predicted octanol–water partition coefficient (Wildman–Crippen LogP) is 2.93. The van der Waals surface area contributed by atoms with Crippen LogP contribution in [0.5, 0.6) is 0 Å². The fraction of sp³-hybridized carbons (Fsp3) is 0.571. The Kier molecular flexibility index (Phi) is 3.67. The molecule has 3 nitrogen and oxygen atoms in total. The van der Waals surface area contributed by atoms with Crippen LogP contribution in [0.2, 0.25) is 0 Å². The van der Waals surface area contributed by atoms with E-state index in [9.17, 15) is 8.42 Å². The summed E-state index contributed by atoms with van der Waals surface area (Å²) < 4.78 is 23.1. The van der Waals surface area contributed by atoms with Crippen LogP contribution in [0, 0.1) is 0 Å². The average molecular weight is 269 g/mol. The minimum Gasteiger partial charge on any atom is -0.225 e. The van der Waals surface area contributed by atoms with E-state index < -0.39 is 10.0 Å². The lowest BCUT2D eigenvalue weighted by Crippen LogP contribution is -2.20. The summed E-state index contributed by atoms with van der Waals surface area (Å²) in [6, 6.07) is 5.41. The van der Waals surface area contributed by atoms with E-state index in [0.717, 1.165) is 11.1 Å². The molecule has 0 bridgehead atoms. The molecule has 0 saturated heterocycles. The first-order valence-electron chi connectivity index (χ1n) is 6.01. The van der Waals surface area contributed by atoms with Crippen molar-refractivity contribution in [3.63, 3.8) is 0 Å². The van der Waals surface area contributed by atoms with Gasteiger partial charge in [-0.05, 0) is 34.1 Å². The third kappa shape index (κ3) is 3.56. The molecule has 0 fully saturated rings. The van der Waals surface area contributed by atoms with Gasteiger partial charge in [0.2, 0.25) is 10.0 Å². The highest BCUT2D eigenvalue weighted by Gasteiger charge is 2.22. The van der Waals surface area contributed by atoms with Crippen molar-refractivity contribution in [1.82, 2.24) is 0 Å². The number of sulfonamides is 1. The zero-order valence-electron chi connectivity index (χ0n) is 12.0. The third-order valence-corrected chi connectivity index (χ3v) is 3.86. The molecule has 0 atom stereocenters. The minimum atomic E-state index is -3.67. The highest BCUT2D eigenvalue weighted by molar-refractivity contribution is 7.89. The maximum atomic E-state index is 11.6. The van der Waals surface area contributed by atoms with Crippen LogP contribution < -0.4 is 5.14 Å². The van der Waals surface area contributed by atoms with Gasteiger partial charge in [0.15, 0.2) is 0 Å². The van der Waals surface area contributed by atoms with Crippen molar-refractivity contribution in [2.75, 3.05) is 0 Å². The van der Waals surface area contributed by atoms with Crippen LogP contribution in [0.3, 0.4) is 0 Å². The summed E-state index contributed by atoms with van der Waals surface area (Å²) >= 11 is 0. The van der Waals surface area contributed by atoms with E-state index in [1.54, 1.807) is 12.1 Å². The van der Waals surface area contributed by atoms with E-state index in [1.165, 1.54) is 0 Å². The molecule has 0 aliphatic carbocycles. The molecule has 0 radical (unpaired) electrons. The van der Waals surface area contributed by atoms with Crippen LogP contribution in [-0.2, 0) is 20.9 Å². The minimum absolute atomic E-state index is 0.110. The van der Waals surface area contributed by atoms with Gasteiger partial charge in [-0.1, -0.05) is 47.6 Å². The zero-order chi connectivity index (χ0) is 14.4. The average Bonchev–Trinajstić information content (AvgIpc) is 2.13. The molecule has 2 N–H and O–H groups in total. The second-order valence-electron chi connectivity index (χ2n) is 6.79. The van der Waals surface area contributed by atoms with Crippen molar-refractivity contribution in [2.24, 2.45) is 5.14 Å². The number of rotatable bonds is 1. The first-order chi connectivity index (χ1) is 7.82. The van der Waals surface area contributed by atoms with E-state index in [1.807, 2.05) is 0 Å². The molecule has 0 saturated carbocycles. The number of benzene rings is 1. The van der Waals surface area contributed by atoms with Gasteiger partial charge in [-0.25, -0.2) is 13.6 Å². The van der Waals surface area contributed by atoms with E-state index in [0.29, 0.717) is 0 Å². The summed E-state index contributed by atoms with van der Waals surface area (Å²) in [7, 11) is -3.67. The smallest absolute Gasteiger partial charge is 0.225 e. The largest absolute Gasteiger partial charge is 0.238 e. The van der Waals surface area contributed by atoms with Gasteiger partial charge in [-0.3, -0.25) is 0 Å². The fourth-order valence-corrected chi connectivity index (χ4v) is 2.21. The van der Waals surface area contributed by atoms with Crippen LogP contribution in [0.15, 0.2) is 23.1 Å². The molecule has 0 aromatic heterocycles. The van der Waals surface area contributed by atoms with Crippen LogP contribution in [0.25, 0.3) is 0 Å². The van der Waals surface area contributed by atoms with Crippen molar-refractivity contribution in [1.29, 1.82) is 0 Å². The number of hydrogen-bond donors (Lipinski definition) is 1. The van der Waals surface area contributed by atoms with Crippen molar-refractivity contribution in [3.05, 3.63) is 29.3 Å². The van der Waals surface area contributed by atoms with Crippen LogP contribution in [-0.4, -0.2) is 8.42 Å². The standard InChI is InChI=1S/C14H23NO2S/c1-13(2,3)10-7-11(14(4,5)6)9-12(8-10)18(15,16)17/h7-9H,1-6H3,(H2,15,16,17). The normalized spacial score (nSPS) is 13.7. The number of hydrogen-bond acceptors (Lipinski definition) is 2. The summed E-state index contributed by atoms with van der Waals surface area (Å²) in [4.78, 5) is 0.194. The number of primary sulfonamides is 1. The van der Waals surface area contributed by atoms with Gasteiger partial charge in [-0.15, -0.1) is 0 Å². The molecular weight excluding hydrogens is 246 g/mol. The molecule has 18 heavy (non-hydrogen) atoms. The summed E-state index contributed by atoms with van der Waals surface area (Å²) in [5, 5.41) is 5.25. The van der Waals surface area contributed by atoms with Crippen LogP contribution >= 0.6 is 0 Å². The second kappa shape index (κ2) is 4.35. The lowest BCUT2D eigenvalue weighted by molar-refractivity contribution is 0.562. The molecule has 0 spiro atoms. The highest BCUT2D eigenvalue weighted by Crippen LogP contribution is 2.31. The van der Waals surface area contributed by atoms with Crippen LogP contribution in [0.4, 0.5) is 0 Å². The fourth-order valence-electron chi connectivity index (χ4n) is 1.63. The monoisotopic (exact) mass is 269 g/mol. The topological polar surface area (TPSA) is 60.2 Å². The Balaban J connectivity index is 3.60. The second-order valence-corrected chi connectivity index (χ2v) is 8.35. The summed E-state index contributed by atoms with van der Waals surface area (Å²) in [5.41, 5.74) is 1.75. The van der Waals surface area contributed by atoms with Crippen molar-refractivity contribution < 1.29 is 8.42 Å². The Bertz CT molecular complexity index is 514. The first-order valence-corrected chi connectivity index (χ1v) is 7.55. The Labute approximate surface area is 110 Å². The SMILES string of the molecule is CC(C)(C)c1cc(C(C)(C)C)cc(S(N)(=O)=O)c1. The molecule has 0 heterocycles. The van der Waals surface area contributed by atoms with Gasteiger partial charge in [0.1, 0.15) is 0 Å². The van der Waals surface area contributed by atoms with E-state index in [4.69, 9.17) is 5.14 Å². The Morgan fingerprint density at radius 3 is 1.39 bits per heavy atom. The zero-order valence-corrected chi connectivity index (χ0v) is 12.9. The van der Waals surface area contributed by atoms with E-state index >= 15 is 0 Å². The molecular formula is C14H23NO2S. The third-order valence-electron chi connectivity index (χ3n) is 2.97. The molecule has 4 heteroatoms. The quantitative estimate of drug-likeness (QED) is 0.852. The van der Waals surface area contributed by atoms with Crippen LogP contribution in [0.1, 0.15) is 52.7 Å². The molecule has 0 unspecified atom stereocenters. The lowest BCUT2D eigenvalue weighted by atomic mass is 9.81. The summed E-state index contributed by atoms with van der Waals surface area (Å²) in [6.07, 6.45) is 0. The molecule has 0 aliphatic heterocycles. The van der Waals surface area contributed by atoms with Gasteiger partial charge < -0.3 is 0 Å². The highest BCUT2D eigenvalue weighted by atomic mass is 32.2. The maximum Gasteiger partial charge on any atom is 0.238 e. The van der Waals surface area contributed by atoms with E-state index in [-0.39, 0.29) is 15.7 Å². The molecule has 1 rings (SSSR count). The van der Waals surface area contributed by atoms with Crippen molar-refractivity contribution >= 4 is 10.0 Å². The molecule has 0 aliphatic rings. The molecule has 1 aromatic carbocycles. The maximum absolute atomic E-state index is 11.6. The predicted molar refractivity (Wildman–Crippen MR) is 75.2 cm³/mol. The van der Waals surface area contributed by atoms with Gasteiger partial charge in [0, 0.05) is 0 Å². The Hall–Kier alpha value is -0.870. The molecule has 1 aromatic rings. The van der Waals surface area contributed by atoms with Gasteiger partial charge in [0.25, 0.3) is 0 Å². The summed E-state index contributed by atoms with van der Waals surface area (Å²) in [6.45, 7) is 12.3. The summed E-state index contributed by atoms with van der Waals surface area (Å²) in [5.74, 6) is 0. The van der Waals surface area contributed by atoms with Gasteiger partial charge in [0.05, 0.1) is 4.90 Å². The Morgan fingerprint density at radius 2 is 1.17 bits per heavy atom. The lowest BCUT2D eigenvalue weighted by Gasteiger charge is -2.25. The first kappa shape index (κ1) is 15.2. The molecule has 102 valence electrons. The molecule has 0 amide bonds. The van der Waals surface area contributed by atoms with Gasteiger partial charge >= 0.3 is 0 Å².